The van der Waals surface area contributed by atoms with Gasteiger partial charge in [0.25, 0.3) is 0 Å². The fraction of sp³-hybridized carbons (Fsp3) is 0.188. The van der Waals surface area contributed by atoms with Gasteiger partial charge in [0.1, 0.15) is 5.75 Å². The molecule has 0 saturated heterocycles. The molecule has 0 aliphatic heterocycles. The normalized spacial score (nSPS) is 10.2. The van der Waals surface area contributed by atoms with Crippen molar-refractivity contribution < 1.29 is 9.53 Å². The van der Waals surface area contributed by atoms with E-state index in [1.807, 2.05) is 36.4 Å². The van der Waals surface area contributed by atoms with E-state index in [2.05, 4.69) is 0 Å². The van der Waals surface area contributed by atoms with Crippen LogP contribution in [0.25, 0.3) is 0 Å². The average molecular weight is 275 g/mol. The zero-order chi connectivity index (χ0) is 13.7. The number of ether oxygens (including phenoxy) is 1. The topological polar surface area (TPSA) is 26.3 Å². The maximum absolute atomic E-state index is 12.1. The van der Waals surface area contributed by atoms with E-state index >= 15 is 0 Å². The van der Waals surface area contributed by atoms with Gasteiger partial charge in [-0.25, -0.2) is 0 Å². The second-order valence-corrected chi connectivity index (χ2v) is 4.62. The van der Waals surface area contributed by atoms with E-state index in [9.17, 15) is 4.79 Å². The molecule has 0 aliphatic carbocycles. The summed E-state index contributed by atoms with van der Waals surface area (Å²) in [7, 11) is 1.63. The van der Waals surface area contributed by atoms with Crippen molar-refractivity contribution in [2.24, 2.45) is 0 Å². The predicted octanol–water partition coefficient (Wildman–Crippen LogP) is 4.16. The van der Waals surface area contributed by atoms with Gasteiger partial charge in [0.2, 0.25) is 0 Å². The van der Waals surface area contributed by atoms with Crippen LogP contribution in [0.3, 0.4) is 0 Å². The summed E-state index contributed by atoms with van der Waals surface area (Å²) in [6, 6.07) is 14.9. The summed E-state index contributed by atoms with van der Waals surface area (Å²) in [6.45, 7) is 0. The van der Waals surface area contributed by atoms with Crippen LogP contribution in [0.5, 0.6) is 5.75 Å². The van der Waals surface area contributed by atoms with Crippen LogP contribution in [0.4, 0.5) is 0 Å². The zero-order valence-corrected chi connectivity index (χ0v) is 11.5. The summed E-state index contributed by atoms with van der Waals surface area (Å²) in [4.78, 5) is 12.1. The van der Waals surface area contributed by atoms with Gasteiger partial charge in [0.05, 0.1) is 12.1 Å². The molecule has 3 heteroatoms. The Morgan fingerprint density at radius 2 is 1.79 bits per heavy atom. The number of hydrogen-bond donors (Lipinski definition) is 0. The van der Waals surface area contributed by atoms with Crippen LogP contribution in [0.1, 0.15) is 22.3 Å². The van der Waals surface area contributed by atoms with Gasteiger partial charge >= 0.3 is 0 Å². The van der Waals surface area contributed by atoms with Crippen LogP contribution in [0, 0.1) is 0 Å². The lowest BCUT2D eigenvalue weighted by atomic mass is 10.0. The molecule has 0 amide bonds. The highest BCUT2D eigenvalue weighted by Gasteiger charge is 2.11. The number of aryl methyl sites for hydroxylation is 1. The molecule has 0 aliphatic rings. The summed E-state index contributed by atoms with van der Waals surface area (Å²) in [5.41, 5.74) is 1.62. The SMILES string of the molecule is COc1ccccc1CCC(=O)c1ccccc1Cl. The lowest BCUT2D eigenvalue weighted by molar-refractivity contribution is 0.0983. The Labute approximate surface area is 118 Å². The number of carbonyl (C=O) groups excluding carboxylic acids is 1. The Kier molecular flexibility index (Phi) is 4.58. The number of Topliss-reactive ketones (excluding diaryl/α,β-unsaturated/α-hetero) is 1. The van der Waals surface area contributed by atoms with E-state index in [0.717, 1.165) is 11.3 Å². The van der Waals surface area contributed by atoms with E-state index in [1.54, 1.807) is 19.2 Å². The van der Waals surface area contributed by atoms with Gasteiger partial charge in [0, 0.05) is 12.0 Å². The minimum absolute atomic E-state index is 0.0523. The number of halogens is 1. The van der Waals surface area contributed by atoms with E-state index in [4.69, 9.17) is 16.3 Å². The molecule has 0 heterocycles. The highest BCUT2D eigenvalue weighted by atomic mass is 35.5. The standard InChI is InChI=1S/C16H15ClO2/c1-19-16-9-5-2-6-12(16)10-11-15(18)13-7-3-4-8-14(13)17/h2-9H,10-11H2,1H3. The molecule has 0 aromatic heterocycles. The highest BCUT2D eigenvalue weighted by Crippen LogP contribution is 2.21. The second kappa shape index (κ2) is 6.39. The second-order valence-electron chi connectivity index (χ2n) is 4.21. The molecule has 0 fully saturated rings. The molecule has 0 unspecified atom stereocenters. The fourth-order valence-corrected chi connectivity index (χ4v) is 2.22. The first kappa shape index (κ1) is 13.6. The van der Waals surface area contributed by atoms with Gasteiger partial charge in [-0.1, -0.05) is 41.9 Å². The van der Waals surface area contributed by atoms with Gasteiger partial charge in [-0.15, -0.1) is 0 Å². The van der Waals surface area contributed by atoms with E-state index in [-0.39, 0.29) is 5.78 Å². The minimum Gasteiger partial charge on any atom is -0.496 e. The summed E-state index contributed by atoms with van der Waals surface area (Å²) in [5, 5.41) is 0.507. The van der Waals surface area contributed by atoms with Crippen LogP contribution < -0.4 is 4.74 Å². The van der Waals surface area contributed by atoms with Crippen LogP contribution in [-0.2, 0) is 6.42 Å². The van der Waals surface area contributed by atoms with Crippen molar-refractivity contribution in [3.8, 4) is 5.75 Å². The number of ketones is 1. The summed E-state index contributed by atoms with van der Waals surface area (Å²) in [5.74, 6) is 0.867. The molecule has 0 spiro atoms. The molecule has 19 heavy (non-hydrogen) atoms. The Morgan fingerprint density at radius 1 is 1.11 bits per heavy atom. The Morgan fingerprint density at radius 3 is 2.53 bits per heavy atom. The molecule has 0 bridgehead atoms. The Hall–Kier alpha value is -1.80. The molecule has 0 radical (unpaired) electrons. The fourth-order valence-electron chi connectivity index (χ4n) is 1.98. The van der Waals surface area contributed by atoms with Crippen molar-refractivity contribution in [1.82, 2.24) is 0 Å². The lowest BCUT2D eigenvalue weighted by Gasteiger charge is -2.08. The molecule has 0 atom stereocenters. The first-order valence-corrected chi connectivity index (χ1v) is 6.50. The van der Waals surface area contributed by atoms with Crippen molar-refractivity contribution in [1.29, 1.82) is 0 Å². The molecule has 2 aromatic carbocycles. The van der Waals surface area contributed by atoms with Gasteiger partial charge in [-0.05, 0) is 30.2 Å². The number of methoxy groups -OCH3 is 1. The van der Waals surface area contributed by atoms with Crippen molar-refractivity contribution >= 4 is 17.4 Å². The molecular weight excluding hydrogens is 260 g/mol. The van der Waals surface area contributed by atoms with Crippen LogP contribution in [0.2, 0.25) is 5.02 Å². The summed E-state index contributed by atoms with van der Waals surface area (Å²) < 4.78 is 5.27. The number of hydrogen-bond acceptors (Lipinski definition) is 2. The quantitative estimate of drug-likeness (QED) is 0.765. The van der Waals surface area contributed by atoms with Gasteiger partial charge in [-0.2, -0.15) is 0 Å². The summed E-state index contributed by atoms with van der Waals surface area (Å²) in [6.07, 6.45) is 1.07. The molecule has 0 N–H and O–H groups in total. The molecule has 2 rings (SSSR count). The van der Waals surface area contributed by atoms with Crippen molar-refractivity contribution in [3.05, 3.63) is 64.7 Å². The summed E-state index contributed by atoms with van der Waals surface area (Å²) >= 11 is 6.01. The molecule has 2 aromatic rings. The number of para-hydroxylation sites is 1. The van der Waals surface area contributed by atoms with E-state index in [1.165, 1.54) is 0 Å². The van der Waals surface area contributed by atoms with Crippen LogP contribution in [0.15, 0.2) is 48.5 Å². The number of benzene rings is 2. The minimum atomic E-state index is 0.0523. The third kappa shape index (κ3) is 3.36. The van der Waals surface area contributed by atoms with Crippen LogP contribution in [-0.4, -0.2) is 12.9 Å². The third-order valence-corrected chi connectivity index (χ3v) is 3.32. The number of rotatable bonds is 5. The van der Waals surface area contributed by atoms with Crippen molar-refractivity contribution in [3.63, 3.8) is 0 Å². The largest absolute Gasteiger partial charge is 0.496 e. The van der Waals surface area contributed by atoms with Crippen molar-refractivity contribution in [2.45, 2.75) is 12.8 Å². The molecule has 0 saturated carbocycles. The Bertz CT molecular complexity index is 578. The first-order valence-electron chi connectivity index (χ1n) is 6.12. The average Bonchev–Trinajstić information content (AvgIpc) is 2.45. The lowest BCUT2D eigenvalue weighted by Crippen LogP contribution is -2.02. The first-order chi connectivity index (χ1) is 9.22. The van der Waals surface area contributed by atoms with E-state index < -0.39 is 0 Å². The van der Waals surface area contributed by atoms with Gasteiger partial charge < -0.3 is 4.74 Å². The van der Waals surface area contributed by atoms with Gasteiger partial charge in [0.15, 0.2) is 5.78 Å². The van der Waals surface area contributed by atoms with Gasteiger partial charge in [-0.3, -0.25) is 4.79 Å². The predicted molar refractivity (Wildman–Crippen MR) is 77.1 cm³/mol. The zero-order valence-electron chi connectivity index (χ0n) is 10.7. The molecular formula is C16H15ClO2. The number of carbonyl (C=O) groups is 1. The highest BCUT2D eigenvalue weighted by molar-refractivity contribution is 6.33. The molecule has 2 nitrogen and oxygen atoms in total. The van der Waals surface area contributed by atoms with Crippen LogP contribution >= 0.6 is 11.6 Å². The maximum Gasteiger partial charge on any atom is 0.164 e. The third-order valence-electron chi connectivity index (χ3n) is 2.99. The monoisotopic (exact) mass is 274 g/mol. The van der Waals surface area contributed by atoms with E-state index in [0.29, 0.717) is 23.4 Å². The Balaban J connectivity index is 2.07. The molecule has 98 valence electrons. The van der Waals surface area contributed by atoms with Crippen molar-refractivity contribution in [2.75, 3.05) is 7.11 Å². The smallest absolute Gasteiger partial charge is 0.164 e. The maximum atomic E-state index is 12.1.